The van der Waals surface area contributed by atoms with E-state index in [0.717, 1.165) is 8.66 Å². The molecule has 1 aliphatic rings. The zero-order chi connectivity index (χ0) is 14.0. The summed E-state index contributed by atoms with van der Waals surface area (Å²) >= 11 is 5.04. The Kier molecular flexibility index (Phi) is 4.30. The van der Waals surface area contributed by atoms with E-state index in [2.05, 4.69) is 21.2 Å². The first-order valence-electron chi connectivity index (χ1n) is 6.29. The maximum Gasteiger partial charge on any atom is 0.248 e. The van der Waals surface area contributed by atoms with Crippen molar-refractivity contribution < 1.29 is 9.59 Å². The molecule has 0 aromatic carbocycles. The molecule has 0 bridgehead atoms. The summed E-state index contributed by atoms with van der Waals surface area (Å²) in [6.45, 7) is 4.77. The quantitative estimate of drug-likeness (QED) is 0.915. The Labute approximate surface area is 125 Å². The molecule has 1 atom stereocenters. The van der Waals surface area contributed by atoms with E-state index < -0.39 is 5.54 Å². The van der Waals surface area contributed by atoms with Crippen molar-refractivity contribution in [2.24, 2.45) is 0 Å². The van der Waals surface area contributed by atoms with E-state index in [1.165, 1.54) is 0 Å². The van der Waals surface area contributed by atoms with Crippen molar-refractivity contribution in [3.8, 4) is 0 Å². The van der Waals surface area contributed by atoms with Crippen LogP contribution in [-0.2, 0) is 16.1 Å². The molecule has 1 aromatic rings. The second-order valence-electron chi connectivity index (χ2n) is 4.92. The molecule has 1 aliphatic heterocycles. The Hall–Kier alpha value is -0.880. The van der Waals surface area contributed by atoms with E-state index in [4.69, 9.17) is 0 Å². The van der Waals surface area contributed by atoms with Gasteiger partial charge in [0, 0.05) is 17.8 Å². The molecule has 2 heterocycles. The SMILES string of the molecule is CCC1(C)NC(=O)CCN(Cc2ccc(Br)s2)C1=O. The van der Waals surface area contributed by atoms with Gasteiger partial charge >= 0.3 is 0 Å². The highest BCUT2D eigenvalue weighted by atomic mass is 79.9. The number of carbonyl (C=O) groups excluding carboxylic acids is 2. The van der Waals surface area contributed by atoms with Gasteiger partial charge in [0.25, 0.3) is 0 Å². The highest BCUT2D eigenvalue weighted by Crippen LogP contribution is 2.25. The van der Waals surface area contributed by atoms with Crippen LogP contribution < -0.4 is 5.32 Å². The molecule has 1 fully saturated rings. The predicted molar refractivity (Wildman–Crippen MR) is 78.9 cm³/mol. The third-order valence-corrected chi connectivity index (χ3v) is 5.07. The first-order valence-corrected chi connectivity index (χ1v) is 7.90. The van der Waals surface area contributed by atoms with Crippen LogP contribution in [0, 0.1) is 0 Å². The lowest BCUT2D eigenvalue weighted by Gasteiger charge is -2.30. The van der Waals surface area contributed by atoms with Gasteiger partial charge < -0.3 is 10.2 Å². The van der Waals surface area contributed by atoms with Crippen molar-refractivity contribution in [3.05, 3.63) is 20.8 Å². The maximum absolute atomic E-state index is 12.6. The number of nitrogens with zero attached hydrogens (tertiary/aromatic N) is 1. The molecule has 0 radical (unpaired) electrons. The number of amides is 2. The van der Waals surface area contributed by atoms with E-state index >= 15 is 0 Å². The van der Waals surface area contributed by atoms with Gasteiger partial charge in [0.2, 0.25) is 11.8 Å². The fraction of sp³-hybridized carbons (Fsp3) is 0.538. The number of hydrogen-bond donors (Lipinski definition) is 1. The maximum atomic E-state index is 12.6. The lowest BCUT2D eigenvalue weighted by Crippen LogP contribution is -2.54. The number of nitrogens with one attached hydrogen (secondary N) is 1. The number of carbonyl (C=O) groups is 2. The number of hydrogen-bond acceptors (Lipinski definition) is 3. The summed E-state index contributed by atoms with van der Waals surface area (Å²) in [5.74, 6) is -0.0436. The van der Waals surface area contributed by atoms with Gasteiger partial charge in [-0.3, -0.25) is 9.59 Å². The summed E-state index contributed by atoms with van der Waals surface area (Å²) in [6.07, 6.45) is 0.968. The Balaban J connectivity index is 2.19. The minimum Gasteiger partial charge on any atom is -0.342 e. The molecular formula is C13H17BrN2O2S. The van der Waals surface area contributed by atoms with Crippen LogP contribution in [-0.4, -0.2) is 28.8 Å². The van der Waals surface area contributed by atoms with Gasteiger partial charge in [-0.15, -0.1) is 11.3 Å². The van der Waals surface area contributed by atoms with Crippen molar-refractivity contribution in [1.29, 1.82) is 0 Å². The zero-order valence-electron chi connectivity index (χ0n) is 11.0. The molecule has 4 nitrogen and oxygen atoms in total. The summed E-state index contributed by atoms with van der Waals surface area (Å²) < 4.78 is 1.05. The monoisotopic (exact) mass is 344 g/mol. The summed E-state index contributed by atoms with van der Waals surface area (Å²) in [7, 11) is 0. The van der Waals surface area contributed by atoms with Crippen LogP contribution in [0.5, 0.6) is 0 Å². The molecular weight excluding hydrogens is 328 g/mol. The Bertz CT molecular complexity index is 503. The average molecular weight is 345 g/mol. The molecule has 6 heteroatoms. The lowest BCUT2D eigenvalue weighted by atomic mass is 9.97. The molecule has 0 spiro atoms. The highest BCUT2D eigenvalue weighted by Gasteiger charge is 2.39. The van der Waals surface area contributed by atoms with E-state index in [0.29, 0.717) is 25.9 Å². The predicted octanol–water partition coefficient (Wildman–Crippen LogP) is 2.53. The van der Waals surface area contributed by atoms with Crippen LogP contribution in [0.2, 0.25) is 0 Å². The smallest absolute Gasteiger partial charge is 0.248 e. The standard InChI is InChI=1S/C13H17BrN2O2S/c1-3-13(2)12(18)16(7-6-11(17)15-13)8-9-4-5-10(14)19-9/h4-5H,3,6-8H2,1-2H3,(H,15,17). The summed E-state index contributed by atoms with van der Waals surface area (Å²) in [5, 5.41) is 2.84. The van der Waals surface area contributed by atoms with Gasteiger partial charge in [0.1, 0.15) is 5.54 Å². The van der Waals surface area contributed by atoms with E-state index in [9.17, 15) is 9.59 Å². The Morgan fingerprint density at radius 2 is 2.21 bits per heavy atom. The first kappa shape index (κ1) is 14.5. The number of rotatable bonds is 3. The molecule has 104 valence electrons. The van der Waals surface area contributed by atoms with Crippen LogP contribution in [0.15, 0.2) is 15.9 Å². The third-order valence-electron chi connectivity index (χ3n) is 3.47. The van der Waals surface area contributed by atoms with Gasteiger partial charge in [-0.2, -0.15) is 0 Å². The van der Waals surface area contributed by atoms with Crippen molar-refractivity contribution >= 4 is 39.1 Å². The van der Waals surface area contributed by atoms with Gasteiger partial charge in [-0.05, 0) is 41.4 Å². The van der Waals surface area contributed by atoms with Gasteiger partial charge in [0.05, 0.1) is 10.3 Å². The van der Waals surface area contributed by atoms with Gasteiger partial charge in [0.15, 0.2) is 0 Å². The molecule has 19 heavy (non-hydrogen) atoms. The van der Waals surface area contributed by atoms with E-state index in [1.54, 1.807) is 23.2 Å². The van der Waals surface area contributed by atoms with Gasteiger partial charge in [-0.1, -0.05) is 6.92 Å². The second-order valence-corrected chi connectivity index (χ2v) is 7.46. The third kappa shape index (κ3) is 3.17. The molecule has 2 amide bonds. The average Bonchev–Trinajstić information content (AvgIpc) is 2.74. The van der Waals surface area contributed by atoms with Crippen molar-refractivity contribution in [2.75, 3.05) is 6.54 Å². The van der Waals surface area contributed by atoms with Crippen LogP contribution in [0.25, 0.3) is 0 Å². The molecule has 1 unspecified atom stereocenters. The fourth-order valence-electron chi connectivity index (χ4n) is 2.13. The number of thiophene rings is 1. The second kappa shape index (κ2) is 5.63. The summed E-state index contributed by atoms with van der Waals surface area (Å²) in [6, 6.07) is 3.98. The topological polar surface area (TPSA) is 49.4 Å². The summed E-state index contributed by atoms with van der Waals surface area (Å²) in [5.41, 5.74) is -0.776. The van der Waals surface area contributed by atoms with E-state index in [-0.39, 0.29) is 11.8 Å². The lowest BCUT2D eigenvalue weighted by molar-refractivity contribution is -0.138. The van der Waals surface area contributed by atoms with Crippen molar-refractivity contribution in [2.45, 2.75) is 38.8 Å². The fourth-order valence-corrected chi connectivity index (χ4v) is 3.62. The van der Waals surface area contributed by atoms with Crippen LogP contribution in [0.1, 0.15) is 31.6 Å². The molecule has 1 saturated heterocycles. The minimum absolute atomic E-state index is 0.00497. The number of halogens is 1. The van der Waals surface area contributed by atoms with Gasteiger partial charge in [-0.25, -0.2) is 0 Å². The Morgan fingerprint density at radius 3 is 2.79 bits per heavy atom. The Morgan fingerprint density at radius 1 is 1.47 bits per heavy atom. The van der Waals surface area contributed by atoms with Crippen LogP contribution in [0.3, 0.4) is 0 Å². The minimum atomic E-state index is -0.776. The molecule has 0 aliphatic carbocycles. The van der Waals surface area contributed by atoms with Crippen LogP contribution in [0.4, 0.5) is 0 Å². The van der Waals surface area contributed by atoms with Crippen molar-refractivity contribution in [1.82, 2.24) is 10.2 Å². The first-order chi connectivity index (χ1) is 8.94. The molecule has 1 aromatic heterocycles. The zero-order valence-corrected chi connectivity index (χ0v) is 13.4. The largest absolute Gasteiger partial charge is 0.342 e. The van der Waals surface area contributed by atoms with Crippen molar-refractivity contribution in [3.63, 3.8) is 0 Å². The highest BCUT2D eigenvalue weighted by molar-refractivity contribution is 9.11. The molecule has 2 rings (SSSR count). The normalized spacial score (nSPS) is 24.3. The molecule has 1 N–H and O–H groups in total. The van der Waals surface area contributed by atoms with Crippen LogP contribution >= 0.6 is 27.3 Å². The summed E-state index contributed by atoms with van der Waals surface area (Å²) in [4.78, 5) is 27.2. The van der Waals surface area contributed by atoms with E-state index in [1.807, 2.05) is 19.1 Å². The molecule has 0 saturated carbocycles.